The van der Waals surface area contributed by atoms with Crippen molar-refractivity contribution in [1.29, 1.82) is 0 Å². The standard InChI is InChI=1S/C15H12F4N2O/c16-14(17)15(18,19)10-22-13-8-6-12(7-9-13)21-20-11-4-2-1-3-5-11/h1-9,14H,10H2/b21-20+. The first-order valence-electron chi connectivity index (χ1n) is 6.33. The maximum Gasteiger partial charge on any atom is 0.340 e. The molecule has 0 aliphatic carbocycles. The fraction of sp³-hybridized carbons (Fsp3) is 0.200. The van der Waals surface area contributed by atoms with Crippen LogP contribution >= 0.6 is 0 Å². The highest BCUT2D eigenvalue weighted by atomic mass is 19.3. The van der Waals surface area contributed by atoms with Gasteiger partial charge in [-0.3, -0.25) is 0 Å². The molecule has 0 radical (unpaired) electrons. The molecule has 22 heavy (non-hydrogen) atoms. The third-order valence-electron chi connectivity index (χ3n) is 2.62. The van der Waals surface area contributed by atoms with E-state index in [-0.39, 0.29) is 5.75 Å². The van der Waals surface area contributed by atoms with Gasteiger partial charge in [-0.1, -0.05) is 18.2 Å². The van der Waals surface area contributed by atoms with E-state index >= 15 is 0 Å². The Hall–Kier alpha value is -2.44. The molecule has 0 aliphatic heterocycles. The van der Waals surface area contributed by atoms with Gasteiger partial charge in [-0.25, -0.2) is 8.78 Å². The second-order valence-electron chi connectivity index (χ2n) is 4.38. The monoisotopic (exact) mass is 312 g/mol. The minimum Gasteiger partial charge on any atom is -0.487 e. The molecule has 2 rings (SSSR count). The third-order valence-corrected chi connectivity index (χ3v) is 2.62. The van der Waals surface area contributed by atoms with E-state index in [9.17, 15) is 17.6 Å². The van der Waals surface area contributed by atoms with Crippen molar-refractivity contribution < 1.29 is 22.3 Å². The number of benzene rings is 2. The van der Waals surface area contributed by atoms with Gasteiger partial charge in [-0.2, -0.15) is 19.0 Å². The fourth-order valence-electron chi connectivity index (χ4n) is 1.46. The van der Waals surface area contributed by atoms with Crippen molar-refractivity contribution in [2.75, 3.05) is 6.61 Å². The Morgan fingerprint density at radius 3 is 1.95 bits per heavy atom. The summed E-state index contributed by atoms with van der Waals surface area (Å²) in [6.07, 6.45) is -3.76. The van der Waals surface area contributed by atoms with E-state index in [1.54, 1.807) is 12.1 Å². The molecular weight excluding hydrogens is 300 g/mol. The lowest BCUT2D eigenvalue weighted by molar-refractivity contribution is -0.148. The van der Waals surface area contributed by atoms with Crippen molar-refractivity contribution in [2.45, 2.75) is 12.3 Å². The Balaban J connectivity index is 1.95. The molecule has 7 heteroatoms. The summed E-state index contributed by atoms with van der Waals surface area (Å²) in [7, 11) is 0. The number of hydrogen-bond acceptors (Lipinski definition) is 3. The number of ether oxygens (including phenoxy) is 1. The lowest BCUT2D eigenvalue weighted by Crippen LogP contribution is -2.33. The minimum absolute atomic E-state index is 0.0546. The van der Waals surface area contributed by atoms with Crippen LogP contribution in [0.5, 0.6) is 5.75 Å². The zero-order valence-corrected chi connectivity index (χ0v) is 11.3. The Morgan fingerprint density at radius 2 is 1.41 bits per heavy atom. The lowest BCUT2D eigenvalue weighted by Gasteiger charge is -2.15. The largest absolute Gasteiger partial charge is 0.487 e. The zero-order chi connectivity index (χ0) is 16.0. The summed E-state index contributed by atoms with van der Waals surface area (Å²) in [6, 6.07) is 14.7. The maximum atomic E-state index is 12.7. The second kappa shape index (κ2) is 7.02. The van der Waals surface area contributed by atoms with E-state index in [4.69, 9.17) is 0 Å². The Kier molecular flexibility index (Phi) is 5.08. The van der Waals surface area contributed by atoms with Gasteiger partial charge in [-0.15, -0.1) is 0 Å². The molecule has 0 atom stereocenters. The van der Waals surface area contributed by atoms with Crippen molar-refractivity contribution in [1.82, 2.24) is 0 Å². The molecular formula is C15H12F4N2O. The lowest BCUT2D eigenvalue weighted by atomic mass is 10.3. The number of nitrogens with zero attached hydrogens (tertiary/aromatic N) is 2. The van der Waals surface area contributed by atoms with Crippen LogP contribution < -0.4 is 4.74 Å². The van der Waals surface area contributed by atoms with Crippen LogP contribution in [0.25, 0.3) is 0 Å². The van der Waals surface area contributed by atoms with E-state index in [1.807, 2.05) is 18.2 Å². The zero-order valence-electron chi connectivity index (χ0n) is 11.3. The molecule has 0 N–H and O–H groups in total. The Bertz CT molecular complexity index is 615. The highest BCUT2D eigenvalue weighted by molar-refractivity contribution is 5.42. The van der Waals surface area contributed by atoms with Gasteiger partial charge in [0.25, 0.3) is 0 Å². The van der Waals surface area contributed by atoms with Gasteiger partial charge in [0.1, 0.15) is 5.75 Å². The third kappa shape index (κ3) is 4.54. The van der Waals surface area contributed by atoms with Crippen LogP contribution in [0.15, 0.2) is 64.8 Å². The first-order chi connectivity index (χ1) is 10.5. The summed E-state index contributed by atoms with van der Waals surface area (Å²) >= 11 is 0. The van der Waals surface area contributed by atoms with Crippen LogP contribution in [-0.4, -0.2) is 19.0 Å². The van der Waals surface area contributed by atoms with Gasteiger partial charge in [-0.05, 0) is 36.4 Å². The minimum atomic E-state index is -4.17. The molecule has 0 aromatic heterocycles. The van der Waals surface area contributed by atoms with Crippen molar-refractivity contribution in [3.63, 3.8) is 0 Å². The average molecular weight is 312 g/mol. The molecule has 116 valence electrons. The molecule has 0 aliphatic rings. The predicted molar refractivity (Wildman–Crippen MR) is 73.5 cm³/mol. The van der Waals surface area contributed by atoms with E-state index in [1.165, 1.54) is 24.3 Å². The quantitative estimate of drug-likeness (QED) is 0.520. The van der Waals surface area contributed by atoms with Crippen LogP contribution in [0, 0.1) is 0 Å². The first-order valence-corrected chi connectivity index (χ1v) is 6.33. The summed E-state index contributed by atoms with van der Waals surface area (Å²) in [4.78, 5) is 0. The van der Waals surface area contributed by atoms with Gasteiger partial charge in [0.05, 0.1) is 11.4 Å². The van der Waals surface area contributed by atoms with Crippen LogP contribution in [0.4, 0.5) is 28.9 Å². The predicted octanol–water partition coefficient (Wildman–Crippen LogP) is 5.38. The molecule has 0 fully saturated rings. The number of halogens is 4. The summed E-state index contributed by atoms with van der Waals surface area (Å²) < 4.78 is 54.0. The highest BCUT2D eigenvalue weighted by Gasteiger charge is 2.41. The maximum absolute atomic E-state index is 12.7. The van der Waals surface area contributed by atoms with Gasteiger partial charge >= 0.3 is 12.3 Å². The normalized spacial score (nSPS) is 12.0. The van der Waals surface area contributed by atoms with E-state index in [0.717, 1.165) is 0 Å². The van der Waals surface area contributed by atoms with Crippen molar-refractivity contribution in [3.8, 4) is 5.75 Å². The summed E-state index contributed by atoms with van der Waals surface area (Å²) in [5, 5.41) is 7.94. The topological polar surface area (TPSA) is 34.0 Å². The summed E-state index contributed by atoms with van der Waals surface area (Å²) in [5.74, 6) is -4.12. The van der Waals surface area contributed by atoms with Gasteiger partial charge < -0.3 is 4.74 Å². The molecule has 0 saturated heterocycles. The molecule has 0 spiro atoms. The SMILES string of the molecule is FC(F)C(F)(F)COc1ccc(/N=N/c2ccccc2)cc1. The number of azo groups is 1. The highest BCUT2D eigenvalue weighted by Crippen LogP contribution is 2.25. The summed E-state index contributed by atoms with van der Waals surface area (Å²) in [6.45, 7) is -1.38. The van der Waals surface area contributed by atoms with Crippen LogP contribution in [-0.2, 0) is 0 Å². The average Bonchev–Trinajstić information content (AvgIpc) is 2.53. The molecule has 0 unspecified atom stereocenters. The van der Waals surface area contributed by atoms with Gasteiger partial charge in [0.15, 0.2) is 6.61 Å². The summed E-state index contributed by atoms with van der Waals surface area (Å²) in [5.41, 5.74) is 1.15. The number of alkyl halides is 4. The van der Waals surface area contributed by atoms with Crippen LogP contribution in [0.3, 0.4) is 0 Å². The van der Waals surface area contributed by atoms with E-state index in [0.29, 0.717) is 11.4 Å². The van der Waals surface area contributed by atoms with E-state index < -0.39 is 19.0 Å². The molecule has 0 amide bonds. The van der Waals surface area contributed by atoms with E-state index in [2.05, 4.69) is 15.0 Å². The molecule has 0 heterocycles. The Morgan fingerprint density at radius 1 is 0.864 bits per heavy atom. The second-order valence-corrected chi connectivity index (χ2v) is 4.38. The molecule has 2 aromatic rings. The smallest absolute Gasteiger partial charge is 0.340 e. The number of hydrogen-bond donors (Lipinski definition) is 0. The number of rotatable bonds is 6. The van der Waals surface area contributed by atoms with Crippen LogP contribution in [0.2, 0.25) is 0 Å². The van der Waals surface area contributed by atoms with Crippen molar-refractivity contribution in [2.24, 2.45) is 10.2 Å². The molecule has 2 aromatic carbocycles. The first kappa shape index (κ1) is 15.9. The van der Waals surface area contributed by atoms with Gasteiger partial charge in [0, 0.05) is 0 Å². The molecule has 0 saturated carbocycles. The van der Waals surface area contributed by atoms with Crippen LogP contribution in [0.1, 0.15) is 0 Å². The Labute approximate surface area is 124 Å². The van der Waals surface area contributed by atoms with Crippen molar-refractivity contribution >= 4 is 11.4 Å². The molecule has 0 bridgehead atoms. The van der Waals surface area contributed by atoms with Gasteiger partial charge in [0.2, 0.25) is 0 Å². The molecule has 3 nitrogen and oxygen atoms in total. The fourth-order valence-corrected chi connectivity index (χ4v) is 1.46. The van der Waals surface area contributed by atoms with Crippen molar-refractivity contribution in [3.05, 3.63) is 54.6 Å².